The molecule has 0 aliphatic rings. The molecule has 0 fully saturated rings. The number of H-pyrrole nitrogens is 1. The Balaban J connectivity index is 1.60. The maximum atomic E-state index is 12.2. The molecule has 0 spiro atoms. The van der Waals surface area contributed by atoms with E-state index < -0.39 is 0 Å². The number of nitrogens with zero attached hydrogens (tertiary/aromatic N) is 2. The average Bonchev–Trinajstić information content (AvgIpc) is 3.15. The van der Waals surface area contributed by atoms with E-state index in [1.807, 2.05) is 61.5 Å². The number of hydrogen-bond acceptors (Lipinski definition) is 4. The van der Waals surface area contributed by atoms with E-state index in [2.05, 4.69) is 33.4 Å². The summed E-state index contributed by atoms with van der Waals surface area (Å²) in [7, 11) is 0. The largest absolute Gasteiger partial charge is 0.294 e. The van der Waals surface area contributed by atoms with Gasteiger partial charge in [0.25, 0.3) is 0 Å². The zero-order valence-electron chi connectivity index (χ0n) is 15.4. The van der Waals surface area contributed by atoms with E-state index in [0.29, 0.717) is 6.42 Å². The van der Waals surface area contributed by atoms with Gasteiger partial charge in [-0.05, 0) is 48.6 Å². The van der Waals surface area contributed by atoms with Gasteiger partial charge in [-0.1, -0.05) is 43.0 Å². The minimum Gasteiger partial charge on any atom is -0.294 e. The third-order valence-electron chi connectivity index (χ3n) is 4.40. The predicted molar refractivity (Wildman–Crippen MR) is 114 cm³/mol. The first kappa shape index (κ1) is 18.2. The molecule has 4 nitrogen and oxygen atoms in total. The number of hydrogen-bond donors (Lipinski definition) is 1. The molecule has 0 atom stereocenters. The molecule has 4 rings (SSSR count). The van der Waals surface area contributed by atoms with Crippen molar-refractivity contribution in [1.29, 1.82) is 0 Å². The van der Waals surface area contributed by atoms with E-state index in [-0.39, 0.29) is 5.78 Å². The number of rotatable bonds is 6. The van der Waals surface area contributed by atoms with Crippen molar-refractivity contribution in [1.82, 2.24) is 15.2 Å². The zero-order chi connectivity index (χ0) is 19.3. The van der Waals surface area contributed by atoms with Crippen LogP contribution in [0.4, 0.5) is 0 Å². The maximum Gasteiger partial charge on any atom is 0.163 e. The fraction of sp³-hybridized carbons (Fsp3) is 0.0870. The van der Waals surface area contributed by atoms with Crippen molar-refractivity contribution in [3.8, 4) is 0 Å². The summed E-state index contributed by atoms with van der Waals surface area (Å²) in [6, 6.07) is 19.8. The Morgan fingerprint density at radius 3 is 2.75 bits per heavy atom. The van der Waals surface area contributed by atoms with Crippen molar-refractivity contribution in [3.63, 3.8) is 0 Å². The maximum absolute atomic E-state index is 12.2. The summed E-state index contributed by atoms with van der Waals surface area (Å²) >= 11 is 1.60. The van der Waals surface area contributed by atoms with Gasteiger partial charge in [-0.3, -0.25) is 14.9 Å². The van der Waals surface area contributed by atoms with Crippen molar-refractivity contribution >= 4 is 40.6 Å². The van der Waals surface area contributed by atoms with Gasteiger partial charge in [0.2, 0.25) is 0 Å². The summed E-state index contributed by atoms with van der Waals surface area (Å²) in [5.41, 5.74) is 3.51. The second-order valence-electron chi connectivity index (χ2n) is 6.28. The molecule has 0 aliphatic heterocycles. The average molecular weight is 385 g/mol. The SMILES string of the molecule is CCC(=O)c1ccccc1Sc1ccc2c(/C=C/c3ccccn3)n[nH]c2c1. The number of aromatic amines is 1. The lowest BCUT2D eigenvalue weighted by atomic mass is 10.1. The minimum absolute atomic E-state index is 0.160. The Labute approximate surface area is 167 Å². The highest BCUT2D eigenvalue weighted by Crippen LogP contribution is 2.33. The van der Waals surface area contributed by atoms with Gasteiger partial charge in [-0.25, -0.2) is 0 Å². The lowest BCUT2D eigenvalue weighted by molar-refractivity contribution is 0.0985. The van der Waals surface area contributed by atoms with Crippen LogP contribution in [0.25, 0.3) is 23.1 Å². The summed E-state index contributed by atoms with van der Waals surface area (Å²) < 4.78 is 0. The van der Waals surface area contributed by atoms with E-state index in [1.54, 1.807) is 18.0 Å². The molecule has 2 aromatic carbocycles. The van der Waals surface area contributed by atoms with Crippen LogP contribution in [-0.2, 0) is 0 Å². The van der Waals surface area contributed by atoms with Crippen molar-refractivity contribution in [2.45, 2.75) is 23.1 Å². The van der Waals surface area contributed by atoms with Crippen LogP contribution in [0.3, 0.4) is 0 Å². The Bertz CT molecular complexity index is 1150. The van der Waals surface area contributed by atoms with Crippen LogP contribution in [-0.4, -0.2) is 21.0 Å². The van der Waals surface area contributed by atoms with Crippen LogP contribution < -0.4 is 0 Å². The molecule has 0 aliphatic carbocycles. The van der Waals surface area contributed by atoms with Crippen LogP contribution in [0, 0.1) is 0 Å². The molecule has 0 amide bonds. The van der Waals surface area contributed by atoms with E-state index in [4.69, 9.17) is 0 Å². The molecule has 5 heteroatoms. The van der Waals surface area contributed by atoms with Gasteiger partial charge in [-0.15, -0.1) is 0 Å². The fourth-order valence-corrected chi connectivity index (χ4v) is 3.96. The Kier molecular flexibility index (Phi) is 5.35. The number of ketones is 1. The van der Waals surface area contributed by atoms with Gasteiger partial charge < -0.3 is 0 Å². The molecule has 138 valence electrons. The number of nitrogens with one attached hydrogen (secondary N) is 1. The van der Waals surface area contributed by atoms with Gasteiger partial charge in [0.15, 0.2) is 5.78 Å². The molecule has 0 bridgehead atoms. The monoisotopic (exact) mass is 385 g/mol. The first-order valence-corrected chi connectivity index (χ1v) is 9.93. The second-order valence-corrected chi connectivity index (χ2v) is 7.39. The number of pyridine rings is 1. The molecule has 4 aromatic rings. The standard InChI is InChI=1S/C23H19N3OS/c1-2-22(27)19-8-3-4-9-23(19)28-17-11-12-18-20(25-26-21(18)15-17)13-10-16-7-5-6-14-24-16/h3-15H,2H2,1H3,(H,25,26)/b13-10+. The second kappa shape index (κ2) is 8.23. The first-order chi connectivity index (χ1) is 13.7. The number of benzene rings is 2. The fourth-order valence-electron chi connectivity index (χ4n) is 2.95. The summed E-state index contributed by atoms with van der Waals surface area (Å²) in [6.07, 6.45) is 6.18. The molecule has 0 saturated heterocycles. The smallest absolute Gasteiger partial charge is 0.163 e. The van der Waals surface area contributed by atoms with Crippen LogP contribution in [0.15, 0.2) is 76.7 Å². The third-order valence-corrected chi connectivity index (χ3v) is 5.47. The topological polar surface area (TPSA) is 58.6 Å². The van der Waals surface area contributed by atoms with E-state index >= 15 is 0 Å². The molecule has 28 heavy (non-hydrogen) atoms. The molecule has 2 heterocycles. The number of carbonyl (C=O) groups is 1. The Hall–Kier alpha value is -3.18. The zero-order valence-corrected chi connectivity index (χ0v) is 16.2. The molecule has 2 aromatic heterocycles. The Morgan fingerprint density at radius 2 is 1.93 bits per heavy atom. The van der Waals surface area contributed by atoms with E-state index in [1.165, 1.54) is 0 Å². The first-order valence-electron chi connectivity index (χ1n) is 9.12. The third kappa shape index (κ3) is 3.89. The Morgan fingerprint density at radius 1 is 1.07 bits per heavy atom. The highest BCUT2D eigenvalue weighted by molar-refractivity contribution is 7.99. The van der Waals surface area contributed by atoms with E-state index in [9.17, 15) is 4.79 Å². The summed E-state index contributed by atoms with van der Waals surface area (Å²) in [4.78, 5) is 18.5. The normalized spacial score (nSPS) is 11.3. The van der Waals surface area contributed by atoms with Crippen LogP contribution in [0.5, 0.6) is 0 Å². The van der Waals surface area contributed by atoms with Gasteiger partial charge in [0.1, 0.15) is 0 Å². The molecular weight excluding hydrogens is 366 g/mol. The molecule has 0 radical (unpaired) electrons. The van der Waals surface area contributed by atoms with Crippen molar-refractivity contribution in [2.75, 3.05) is 0 Å². The van der Waals surface area contributed by atoms with Crippen molar-refractivity contribution < 1.29 is 4.79 Å². The van der Waals surface area contributed by atoms with Gasteiger partial charge >= 0.3 is 0 Å². The highest BCUT2D eigenvalue weighted by atomic mass is 32.2. The summed E-state index contributed by atoms with van der Waals surface area (Å²) in [5, 5.41) is 8.56. The highest BCUT2D eigenvalue weighted by Gasteiger charge is 2.11. The number of carbonyl (C=O) groups excluding carboxylic acids is 1. The lowest BCUT2D eigenvalue weighted by Gasteiger charge is -2.07. The predicted octanol–water partition coefficient (Wildman–Crippen LogP) is 5.87. The van der Waals surface area contributed by atoms with Crippen LogP contribution >= 0.6 is 11.8 Å². The summed E-state index contributed by atoms with van der Waals surface area (Å²) in [5.74, 6) is 0.160. The molecule has 0 unspecified atom stereocenters. The van der Waals surface area contributed by atoms with Gasteiger partial charge in [0.05, 0.1) is 16.9 Å². The van der Waals surface area contributed by atoms with Gasteiger partial charge in [0, 0.05) is 33.4 Å². The number of Topliss-reactive ketones (excluding diaryl/α,β-unsaturated/α-hetero) is 1. The van der Waals surface area contributed by atoms with Crippen LogP contribution in [0.2, 0.25) is 0 Å². The molecule has 0 saturated carbocycles. The van der Waals surface area contributed by atoms with Crippen molar-refractivity contribution in [2.24, 2.45) is 0 Å². The van der Waals surface area contributed by atoms with Gasteiger partial charge in [-0.2, -0.15) is 5.10 Å². The molecular formula is C23H19N3OS. The molecule has 1 N–H and O–H groups in total. The quantitative estimate of drug-likeness (QED) is 0.422. The van der Waals surface area contributed by atoms with Crippen molar-refractivity contribution in [3.05, 3.63) is 83.8 Å². The number of aromatic nitrogens is 3. The lowest BCUT2D eigenvalue weighted by Crippen LogP contribution is -1.98. The van der Waals surface area contributed by atoms with E-state index in [0.717, 1.165) is 37.6 Å². The number of fused-ring (bicyclic) bond motifs is 1. The minimum atomic E-state index is 0.160. The summed E-state index contributed by atoms with van der Waals surface area (Å²) in [6.45, 7) is 1.89. The van der Waals surface area contributed by atoms with Crippen LogP contribution in [0.1, 0.15) is 35.1 Å².